The SMILES string of the molecule is CCN1CCC[C@H]1CN(Cc1ccc2c(c1)OCO2)C(=O)C1(c2ccccc2)CC1. The number of fused-ring (bicyclic) bond motifs is 1. The molecule has 1 amide bonds. The van der Waals surface area contributed by atoms with Crippen molar-refractivity contribution in [1.29, 1.82) is 0 Å². The summed E-state index contributed by atoms with van der Waals surface area (Å²) in [6, 6.07) is 16.8. The van der Waals surface area contributed by atoms with E-state index in [-0.39, 0.29) is 18.1 Å². The second-order valence-electron chi connectivity index (χ2n) is 8.75. The molecule has 0 spiro atoms. The monoisotopic (exact) mass is 406 g/mol. The molecule has 5 rings (SSSR count). The van der Waals surface area contributed by atoms with Crippen molar-refractivity contribution in [2.75, 3.05) is 26.4 Å². The summed E-state index contributed by atoms with van der Waals surface area (Å²) in [6.45, 7) is 6.06. The third kappa shape index (κ3) is 3.56. The smallest absolute Gasteiger partial charge is 0.233 e. The van der Waals surface area contributed by atoms with Gasteiger partial charge in [0.05, 0.1) is 5.41 Å². The molecule has 2 aromatic carbocycles. The number of carbonyl (C=O) groups excluding carboxylic acids is 1. The van der Waals surface area contributed by atoms with Crippen LogP contribution in [0.2, 0.25) is 0 Å². The predicted octanol–water partition coefficient (Wildman–Crippen LogP) is 3.96. The summed E-state index contributed by atoms with van der Waals surface area (Å²) < 4.78 is 11.0. The maximum absolute atomic E-state index is 13.9. The minimum Gasteiger partial charge on any atom is -0.454 e. The molecule has 0 bridgehead atoms. The summed E-state index contributed by atoms with van der Waals surface area (Å²) in [5.41, 5.74) is 1.91. The average Bonchev–Trinajstić information content (AvgIpc) is 3.24. The molecule has 2 heterocycles. The fourth-order valence-corrected chi connectivity index (χ4v) is 5.06. The number of rotatable bonds is 7. The molecule has 2 aliphatic heterocycles. The van der Waals surface area contributed by atoms with Crippen molar-refractivity contribution in [2.45, 2.75) is 50.6 Å². The van der Waals surface area contributed by atoms with Crippen molar-refractivity contribution in [3.63, 3.8) is 0 Å². The molecule has 3 aliphatic rings. The van der Waals surface area contributed by atoms with Crippen LogP contribution in [0.3, 0.4) is 0 Å². The van der Waals surface area contributed by atoms with Crippen molar-refractivity contribution in [1.82, 2.24) is 9.80 Å². The van der Waals surface area contributed by atoms with Gasteiger partial charge in [0, 0.05) is 19.1 Å². The van der Waals surface area contributed by atoms with Gasteiger partial charge in [-0.2, -0.15) is 0 Å². The number of nitrogens with zero attached hydrogens (tertiary/aromatic N) is 2. The van der Waals surface area contributed by atoms with Crippen LogP contribution in [0.4, 0.5) is 0 Å². The van der Waals surface area contributed by atoms with Crippen LogP contribution in [0, 0.1) is 0 Å². The molecular weight excluding hydrogens is 376 g/mol. The summed E-state index contributed by atoms with van der Waals surface area (Å²) in [7, 11) is 0. The van der Waals surface area contributed by atoms with Gasteiger partial charge in [0.2, 0.25) is 12.7 Å². The van der Waals surface area contributed by atoms with Crippen molar-refractivity contribution in [3.8, 4) is 11.5 Å². The molecule has 0 aromatic heterocycles. The first-order valence-electron chi connectivity index (χ1n) is 11.2. The number of likely N-dealkylation sites (tertiary alicyclic amines) is 1. The zero-order chi connectivity index (χ0) is 20.6. The molecular formula is C25H30N2O3. The van der Waals surface area contributed by atoms with Crippen molar-refractivity contribution >= 4 is 5.91 Å². The Morgan fingerprint density at radius 1 is 1.13 bits per heavy atom. The summed E-state index contributed by atoms with van der Waals surface area (Å²) >= 11 is 0. The van der Waals surface area contributed by atoms with Crippen LogP contribution < -0.4 is 9.47 Å². The van der Waals surface area contributed by atoms with E-state index in [1.807, 2.05) is 30.3 Å². The van der Waals surface area contributed by atoms with Crippen LogP contribution in [0.25, 0.3) is 0 Å². The van der Waals surface area contributed by atoms with Crippen molar-refractivity contribution < 1.29 is 14.3 Å². The molecule has 1 aliphatic carbocycles. The Labute approximate surface area is 178 Å². The Bertz CT molecular complexity index is 910. The van der Waals surface area contributed by atoms with Gasteiger partial charge in [-0.25, -0.2) is 0 Å². The van der Waals surface area contributed by atoms with E-state index in [9.17, 15) is 4.79 Å². The summed E-state index contributed by atoms with van der Waals surface area (Å²) in [4.78, 5) is 18.5. The summed E-state index contributed by atoms with van der Waals surface area (Å²) in [5, 5.41) is 0. The molecule has 1 saturated heterocycles. The molecule has 1 saturated carbocycles. The van der Waals surface area contributed by atoms with Gasteiger partial charge in [-0.3, -0.25) is 9.69 Å². The van der Waals surface area contributed by atoms with E-state index in [1.165, 1.54) is 6.42 Å². The highest BCUT2D eigenvalue weighted by Crippen LogP contribution is 2.50. The topological polar surface area (TPSA) is 42.0 Å². The second kappa shape index (κ2) is 7.95. The molecule has 2 fully saturated rings. The number of amides is 1. The third-order valence-electron chi connectivity index (χ3n) is 6.92. The van der Waals surface area contributed by atoms with E-state index in [2.05, 4.69) is 34.9 Å². The Balaban J connectivity index is 1.41. The highest BCUT2D eigenvalue weighted by atomic mass is 16.7. The van der Waals surface area contributed by atoms with E-state index in [0.717, 1.165) is 61.5 Å². The van der Waals surface area contributed by atoms with E-state index < -0.39 is 0 Å². The Morgan fingerprint density at radius 2 is 1.93 bits per heavy atom. The molecule has 0 N–H and O–H groups in total. The molecule has 0 unspecified atom stereocenters. The van der Waals surface area contributed by atoms with Gasteiger partial charge in [0.25, 0.3) is 0 Å². The first kappa shape index (κ1) is 19.4. The number of benzene rings is 2. The highest BCUT2D eigenvalue weighted by molar-refractivity contribution is 5.91. The quantitative estimate of drug-likeness (QED) is 0.698. The highest BCUT2D eigenvalue weighted by Gasteiger charge is 2.53. The van der Waals surface area contributed by atoms with Gasteiger partial charge < -0.3 is 14.4 Å². The maximum Gasteiger partial charge on any atom is 0.233 e. The van der Waals surface area contributed by atoms with Gasteiger partial charge in [-0.15, -0.1) is 0 Å². The molecule has 0 radical (unpaired) electrons. The van der Waals surface area contributed by atoms with Crippen LogP contribution in [0.1, 0.15) is 43.7 Å². The fourth-order valence-electron chi connectivity index (χ4n) is 5.06. The van der Waals surface area contributed by atoms with E-state index in [0.29, 0.717) is 12.6 Å². The van der Waals surface area contributed by atoms with Crippen LogP contribution >= 0.6 is 0 Å². The van der Waals surface area contributed by atoms with Gasteiger partial charge in [0.1, 0.15) is 0 Å². The fraction of sp³-hybridized carbons (Fsp3) is 0.480. The molecule has 158 valence electrons. The maximum atomic E-state index is 13.9. The number of carbonyl (C=O) groups is 1. The normalized spacial score (nSPS) is 21.6. The van der Waals surface area contributed by atoms with Gasteiger partial charge in [-0.05, 0) is 62.0 Å². The lowest BCUT2D eigenvalue weighted by atomic mass is 9.93. The largest absolute Gasteiger partial charge is 0.454 e. The van der Waals surface area contributed by atoms with Crippen LogP contribution in [0.5, 0.6) is 11.5 Å². The second-order valence-corrected chi connectivity index (χ2v) is 8.75. The Morgan fingerprint density at radius 3 is 2.70 bits per heavy atom. The van der Waals surface area contributed by atoms with Gasteiger partial charge >= 0.3 is 0 Å². The number of ether oxygens (including phenoxy) is 2. The predicted molar refractivity (Wildman–Crippen MR) is 116 cm³/mol. The zero-order valence-electron chi connectivity index (χ0n) is 17.7. The number of hydrogen-bond acceptors (Lipinski definition) is 4. The third-order valence-corrected chi connectivity index (χ3v) is 6.92. The number of hydrogen-bond donors (Lipinski definition) is 0. The van der Waals surface area contributed by atoms with Crippen LogP contribution in [-0.2, 0) is 16.8 Å². The van der Waals surface area contributed by atoms with Crippen molar-refractivity contribution in [3.05, 3.63) is 59.7 Å². The standard InChI is InChI=1S/C25H30N2O3/c1-2-26-14-6-9-21(26)17-27(16-19-10-11-22-23(15-19)30-18-29-22)24(28)25(12-13-25)20-7-4-3-5-8-20/h3-5,7-8,10-11,15,21H,2,6,9,12-14,16-18H2,1H3/t21-/m0/s1. The van der Waals surface area contributed by atoms with E-state index in [4.69, 9.17) is 9.47 Å². The molecule has 5 heteroatoms. The first-order valence-corrected chi connectivity index (χ1v) is 11.2. The van der Waals surface area contributed by atoms with E-state index >= 15 is 0 Å². The Kier molecular flexibility index (Phi) is 5.15. The van der Waals surface area contributed by atoms with Crippen LogP contribution in [-0.4, -0.2) is 48.2 Å². The first-order chi connectivity index (χ1) is 14.7. The molecule has 2 aromatic rings. The molecule has 1 atom stereocenters. The van der Waals surface area contributed by atoms with Gasteiger partial charge in [-0.1, -0.05) is 43.3 Å². The van der Waals surface area contributed by atoms with Crippen molar-refractivity contribution in [2.24, 2.45) is 0 Å². The lowest BCUT2D eigenvalue weighted by molar-refractivity contribution is -0.135. The summed E-state index contributed by atoms with van der Waals surface area (Å²) in [6.07, 6.45) is 4.26. The summed E-state index contributed by atoms with van der Waals surface area (Å²) in [5.74, 6) is 1.84. The lowest BCUT2D eigenvalue weighted by Gasteiger charge is -2.33. The molecule has 5 nitrogen and oxygen atoms in total. The average molecular weight is 407 g/mol. The van der Waals surface area contributed by atoms with Gasteiger partial charge in [0.15, 0.2) is 11.5 Å². The molecule has 30 heavy (non-hydrogen) atoms. The number of likely N-dealkylation sites (N-methyl/N-ethyl adjacent to an activating group) is 1. The lowest BCUT2D eigenvalue weighted by Crippen LogP contribution is -2.46. The Hall–Kier alpha value is -2.53. The van der Waals surface area contributed by atoms with E-state index in [1.54, 1.807) is 0 Å². The zero-order valence-corrected chi connectivity index (χ0v) is 17.7. The minimum atomic E-state index is -0.340. The minimum absolute atomic E-state index is 0.270. The van der Waals surface area contributed by atoms with Crippen LogP contribution in [0.15, 0.2) is 48.5 Å².